The predicted molar refractivity (Wildman–Crippen MR) is 94.8 cm³/mol. The van der Waals surface area contributed by atoms with Crippen LogP contribution in [0.5, 0.6) is 0 Å². The van der Waals surface area contributed by atoms with Crippen LogP contribution >= 0.6 is 11.8 Å². The van der Waals surface area contributed by atoms with Gasteiger partial charge in [-0.1, -0.05) is 23.9 Å². The predicted octanol–water partition coefficient (Wildman–Crippen LogP) is 5.08. The quantitative estimate of drug-likeness (QED) is 0.592. The van der Waals surface area contributed by atoms with Crippen LogP contribution in [-0.2, 0) is 6.18 Å². The Balaban J connectivity index is 1.74. The van der Waals surface area contributed by atoms with Crippen molar-refractivity contribution in [1.29, 1.82) is 0 Å². The Hall–Kier alpha value is -1.86. The smallest absolute Gasteiger partial charge is 0.379 e. The van der Waals surface area contributed by atoms with E-state index in [0.29, 0.717) is 10.6 Å². The van der Waals surface area contributed by atoms with Crippen LogP contribution < -0.4 is 16.0 Å². The van der Waals surface area contributed by atoms with Gasteiger partial charge in [-0.3, -0.25) is 0 Å². The van der Waals surface area contributed by atoms with Crippen LogP contribution in [0.2, 0.25) is 0 Å². The summed E-state index contributed by atoms with van der Waals surface area (Å²) in [5.74, 6) is 0. The molecule has 1 unspecified atom stereocenters. The molecule has 0 radical (unpaired) electrons. The van der Waals surface area contributed by atoms with Gasteiger partial charge in [-0.2, -0.15) is 13.2 Å². The van der Waals surface area contributed by atoms with Crippen LogP contribution in [0.1, 0.15) is 18.4 Å². The van der Waals surface area contributed by atoms with Crippen molar-refractivity contribution < 1.29 is 13.2 Å². The molecule has 25 heavy (non-hydrogen) atoms. The summed E-state index contributed by atoms with van der Waals surface area (Å²) in [6, 6.07) is 10.2. The first-order valence-electron chi connectivity index (χ1n) is 8.27. The van der Waals surface area contributed by atoms with Gasteiger partial charge in [0.2, 0.25) is 0 Å². The summed E-state index contributed by atoms with van der Waals surface area (Å²) in [5, 5.41) is 9.91. The summed E-state index contributed by atoms with van der Waals surface area (Å²) in [6.45, 7) is 1.72. The molecular weight excluding hydrogens is 347 g/mol. The lowest BCUT2D eigenvalue weighted by Crippen LogP contribution is -2.38. The summed E-state index contributed by atoms with van der Waals surface area (Å²) >= 11 is 1.37. The second kappa shape index (κ2) is 6.46. The average molecular weight is 365 g/mol. The largest absolute Gasteiger partial charge is 0.416 e. The third kappa shape index (κ3) is 3.43. The molecule has 3 nitrogen and oxygen atoms in total. The van der Waals surface area contributed by atoms with E-state index in [1.165, 1.54) is 23.9 Å². The molecule has 4 rings (SSSR count). The van der Waals surface area contributed by atoms with Crippen molar-refractivity contribution in [2.45, 2.75) is 34.9 Å². The molecule has 1 saturated heterocycles. The molecular formula is C18H18F3N3S. The Kier molecular flexibility index (Phi) is 4.29. The van der Waals surface area contributed by atoms with Crippen molar-refractivity contribution >= 4 is 28.8 Å². The van der Waals surface area contributed by atoms with E-state index in [2.05, 4.69) is 16.0 Å². The summed E-state index contributed by atoms with van der Waals surface area (Å²) in [6.07, 6.45) is -2.40. The Morgan fingerprint density at radius 1 is 1.12 bits per heavy atom. The number of anilines is 3. The first-order chi connectivity index (χ1) is 12.0. The molecule has 132 valence electrons. The van der Waals surface area contributed by atoms with E-state index in [4.69, 9.17) is 0 Å². The second-order valence-corrected chi connectivity index (χ2v) is 7.39. The summed E-state index contributed by atoms with van der Waals surface area (Å²) in [7, 11) is 0. The van der Waals surface area contributed by atoms with Crippen molar-refractivity contribution in [1.82, 2.24) is 5.32 Å². The zero-order valence-electron chi connectivity index (χ0n) is 13.4. The SMILES string of the molecule is FC(F)(F)c1cc(NC2CCCNC2)c2c(c1)Sc1ccccc1N2. The number of piperidine rings is 1. The zero-order valence-corrected chi connectivity index (χ0v) is 14.2. The van der Waals surface area contributed by atoms with E-state index in [1.807, 2.05) is 24.3 Å². The van der Waals surface area contributed by atoms with E-state index in [-0.39, 0.29) is 6.04 Å². The molecule has 0 amide bonds. The maximum Gasteiger partial charge on any atom is 0.416 e. The normalized spacial score (nSPS) is 19.6. The van der Waals surface area contributed by atoms with Gasteiger partial charge in [-0.05, 0) is 43.7 Å². The van der Waals surface area contributed by atoms with Gasteiger partial charge < -0.3 is 16.0 Å². The number of rotatable bonds is 2. The number of hydrogen-bond donors (Lipinski definition) is 3. The van der Waals surface area contributed by atoms with E-state index < -0.39 is 11.7 Å². The van der Waals surface area contributed by atoms with Crippen LogP contribution in [0.4, 0.5) is 30.2 Å². The van der Waals surface area contributed by atoms with Gasteiger partial charge >= 0.3 is 6.18 Å². The van der Waals surface area contributed by atoms with Crippen LogP contribution in [0, 0.1) is 0 Å². The van der Waals surface area contributed by atoms with E-state index in [1.54, 1.807) is 0 Å². The number of benzene rings is 2. The number of nitrogens with one attached hydrogen (secondary N) is 3. The zero-order chi connectivity index (χ0) is 17.4. The molecule has 1 atom stereocenters. The van der Waals surface area contributed by atoms with E-state index in [9.17, 15) is 13.2 Å². The number of hydrogen-bond acceptors (Lipinski definition) is 4. The highest BCUT2D eigenvalue weighted by Gasteiger charge is 2.33. The number of alkyl halides is 3. The first kappa shape index (κ1) is 16.6. The molecule has 0 aliphatic carbocycles. The number of halogens is 3. The van der Waals surface area contributed by atoms with Gasteiger partial charge in [-0.25, -0.2) is 0 Å². The third-order valence-corrected chi connectivity index (χ3v) is 5.57. The number of para-hydroxylation sites is 1. The van der Waals surface area contributed by atoms with E-state index in [0.717, 1.165) is 42.2 Å². The molecule has 7 heteroatoms. The van der Waals surface area contributed by atoms with Crippen LogP contribution in [-0.4, -0.2) is 19.1 Å². The molecule has 0 saturated carbocycles. The summed E-state index contributed by atoms with van der Waals surface area (Å²) in [5.41, 5.74) is 1.54. The highest BCUT2D eigenvalue weighted by atomic mass is 32.2. The number of fused-ring (bicyclic) bond motifs is 2. The fourth-order valence-electron chi connectivity index (χ4n) is 3.21. The van der Waals surface area contributed by atoms with Crippen LogP contribution in [0.25, 0.3) is 0 Å². The third-order valence-electron chi connectivity index (χ3n) is 4.45. The van der Waals surface area contributed by atoms with Gasteiger partial charge in [-0.15, -0.1) is 0 Å². The Morgan fingerprint density at radius 2 is 1.96 bits per heavy atom. The van der Waals surface area contributed by atoms with Gasteiger partial charge in [0.15, 0.2) is 0 Å². The van der Waals surface area contributed by atoms with Crippen molar-refractivity contribution in [3.63, 3.8) is 0 Å². The molecule has 2 aromatic rings. The lowest BCUT2D eigenvalue weighted by Gasteiger charge is -2.29. The summed E-state index contributed by atoms with van der Waals surface area (Å²) < 4.78 is 40.0. The molecule has 1 fully saturated rings. The minimum Gasteiger partial charge on any atom is -0.379 e. The van der Waals surface area contributed by atoms with Crippen molar-refractivity contribution in [2.75, 3.05) is 23.7 Å². The van der Waals surface area contributed by atoms with E-state index >= 15 is 0 Å². The molecule has 2 aliphatic heterocycles. The molecule has 2 heterocycles. The van der Waals surface area contributed by atoms with Gasteiger partial charge in [0.05, 0.1) is 22.6 Å². The fourth-order valence-corrected chi connectivity index (χ4v) is 4.27. The molecule has 0 bridgehead atoms. The Bertz CT molecular complexity index is 786. The monoisotopic (exact) mass is 365 g/mol. The van der Waals surface area contributed by atoms with Crippen LogP contribution in [0.3, 0.4) is 0 Å². The maximum atomic E-state index is 13.3. The summed E-state index contributed by atoms with van der Waals surface area (Å²) in [4.78, 5) is 1.53. The molecule has 3 N–H and O–H groups in total. The Morgan fingerprint density at radius 3 is 2.72 bits per heavy atom. The minimum atomic E-state index is -4.37. The van der Waals surface area contributed by atoms with Gasteiger partial charge in [0, 0.05) is 22.4 Å². The topological polar surface area (TPSA) is 36.1 Å². The first-order valence-corrected chi connectivity index (χ1v) is 9.09. The lowest BCUT2D eigenvalue weighted by atomic mass is 10.1. The van der Waals surface area contributed by atoms with Gasteiger partial charge in [0.25, 0.3) is 0 Å². The van der Waals surface area contributed by atoms with Gasteiger partial charge in [0.1, 0.15) is 0 Å². The standard InChI is InChI=1S/C18H18F3N3S/c19-18(20,21)11-8-14(23-12-4-3-7-22-10-12)17-16(9-11)25-15-6-2-1-5-13(15)24-17/h1-2,5-6,8-9,12,22-24H,3-4,7,10H2. The highest BCUT2D eigenvalue weighted by molar-refractivity contribution is 7.99. The minimum absolute atomic E-state index is 0.130. The van der Waals surface area contributed by atoms with Crippen LogP contribution in [0.15, 0.2) is 46.2 Å². The van der Waals surface area contributed by atoms with Crippen molar-refractivity contribution in [3.05, 3.63) is 42.0 Å². The van der Waals surface area contributed by atoms with Crippen molar-refractivity contribution in [3.8, 4) is 0 Å². The maximum absolute atomic E-state index is 13.3. The molecule has 0 aromatic heterocycles. The highest BCUT2D eigenvalue weighted by Crippen LogP contribution is 2.49. The van der Waals surface area contributed by atoms with Crippen molar-refractivity contribution in [2.24, 2.45) is 0 Å². The lowest BCUT2D eigenvalue weighted by molar-refractivity contribution is -0.137. The second-order valence-electron chi connectivity index (χ2n) is 6.31. The average Bonchev–Trinajstić information content (AvgIpc) is 2.60. The molecule has 0 spiro atoms. The molecule has 2 aromatic carbocycles. The molecule has 2 aliphatic rings. The Labute approximate surface area is 148 Å². The fraction of sp³-hybridized carbons (Fsp3) is 0.333.